The van der Waals surface area contributed by atoms with Gasteiger partial charge in [-0.3, -0.25) is 24.1 Å². The quantitative estimate of drug-likeness (QED) is 0.708. The molecule has 0 saturated heterocycles. The van der Waals surface area contributed by atoms with Crippen molar-refractivity contribution < 1.29 is 19.2 Å². The molecule has 6 nitrogen and oxygen atoms in total. The van der Waals surface area contributed by atoms with Crippen LogP contribution in [0.3, 0.4) is 0 Å². The SMILES string of the molecule is CC(=O)N1C(=O)C2(C3=C(CN2C)C(=O)c2ccccc2C3=O)c2ccccc21. The third-order valence-electron chi connectivity index (χ3n) is 5.91. The van der Waals surface area contributed by atoms with Crippen LogP contribution in [0.15, 0.2) is 59.7 Å². The maximum absolute atomic E-state index is 13.6. The van der Waals surface area contributed by atoms with E-state index in [0.717, 1.165) is 4.90 Å². The topological polar surface area (TPSA) is 74.8 Å². The lowest BCUT2D eigenvalue weighted by Gasteiger charge is -2.33. The summed E-state index contributed by atoms with van der Waals surface area (Å²) in [5.41, 5.74) is 0.728. The Balaban J connectivity index is 1.85. The van der Waals surface area contributed by atoms with E-state index in [-0.39, 0.29) is 23.7 Å². The third-order valence-corrected chi connectivity index (χ3v) is 5.91. The van der Waals surface area contributed by atoms with E-state index in [1.807, 2.05) is 0 Å². The highest BCUT2D eigenvalue weighted by atomic mass is 16.2. The number of benzene rings is 2. The maximum atomic E-state index is 13.6. The fourth-order valence-electron chi connectivity index (χ4n) is 4.79. The van der Waals surface area contributed by atoms with Crippen LogP contribution < -0.4 is 4.90 Å². The molecule has 0 aromatic heterocycles. The molecule has 1 atom stereocenters. The molecule has 1 unspecified atom stereocenters. The first-order chi connectivity index (χ1) is 13.4. The Morgan fingerprint density at radius 3 is 2.21 bits per heavy atom. The second-order valence-electron chi connectivity index (χ2n) is 7.30. The van der Waals surface area contributed by atoms with Crippen molar-refractivity contribution in [2.75, 3.05) is 18.5 Å². The summed E-state index contributed by atoms with van der Waals surface area (Å²) in [6, 6.07) is 13.6. The molecule has 28 heavy (non-hydrogen) atoms. The summed E-state index contributed by atoms with van der Waals surface area (Å²) in [4.78, 5) is 55.4. The number of fused-ring (bicyclic) bond motifs is 4. The highest BCUT2D eigenvalue weighted by molar-refractivity contribution is 6.34. The van der Waals surface area contributed by atoms with Gasteiger partial charge in [0, 0.05) is 41.3 Å². The van der Waals surface area contributed by atoms with Gasteiger partial charge < -0.3 is 0 Å². The number of imide groups is 1. The van der Waals surface area contributed by atoms with Gasteiger partial charge in [0.1, 0.15) is 0 Å². The van der Waals surface area contributed by atoms with E-state index < -0.39 is 17.4 Å². The molecule has 0 N–H and O–H groups in total. The Labute approximate surface area is 161 Å². The summed E-state index contributed by atoms with van der Waals surface area (Å²) in [7, 11) is 1.71. The van der Waals surface area contributed by atoms with E-state index in [1.165, 1.54) is 6.92 Å². The van der Waals surface area contributed by atoms with Crippen LogP contribution in [-0.4, -0.2) is 41.9 Å². The summed E-state index contributed by atoms with van der Waals surface area (Å²) < 4.78 is 0. The molecule has 2 aromatic rings. The lowest BCUT2D eigenvalue weighted by atomic mass is 9.75. The average Bonchev–Trinajstić information content (AvgIpc) is 3.14. The lowest BCUT2D eigenvalue weighted by Crippen LogP contribution is -2.52. The van der Waals surface area contributed by atoms with E-state index in [0.29, 0.717) is 28.0 Å². The molecule has 2 amide bonds. The van der Waals surface area contributed by atoms with Crippen LogP contribution in [0.2, 0.25) is 0 Å². The van der Waals surface area contributed by atoms with E-state index in [4.69, 9.17) is 0 Å². The summed E-state index contributed by atoms with van der Waals surface area (Å²) in [5.74, 6) is -1.50. The van der Waals surface area contributed by atoms with Crippen LogP contribution in [0.25, 0.3) is 0 Å². The van der Waals surface area contributed by atoms with E-state index in [1.54, 1.807) is 60.5 Å². The van der Waals surface area contributed by atoms with Crippen LogP contribution in [-0.2, 0) is 15.1 Å². The molecule has 2 aliphatic heterocycles. The van der Waals surface area contributed by atoms with Crippen molar-refractivity contribution in [1.82, 2.24) is 4.90 Å². The van der Waals surface area contributed by atoms with Crippen molar-refractivity contribution in [2.45, 2.75) is 12.5 Å². The van der Waals surface area contributed by atoms with Crippen LogP contribution in [0.4, 0.5) is 5.69 Å². The van der Waals surface area contributed by atoms with Crippen LogP contribution in [0, 0.1) is 0 Å². The molecule has 138 valence electrons. The number of likely N-dealkylation sites (N-methyl/N-ethyl adjacent to an activating group) is 1. The van der Waals surface area contributed by atoms with Gasteiger partial charge in [-0.05, 0) is 13.1 Å². The van der Waals surface area contributed by atoms with E-state index >= 15 is 0 Å². The van der Waals surface area contributed by atoms with Crippen molar-refractivity contribution >= 4 is 29.1 Å². The molecule has 0 radical (unpaired) electrons. The molecule has 1 spiro atoms. The number of rotatable bonds is 0. The summed E-state index contributed by atoms with van der Waals surface area (Å²) in [5, 5.41) is 0. The van der Waals surface area contributed by atoms with Crippen LogP contribution in [0.5, 0.6) is 0 Å². The Hall–Kier alpha value is -3.38. The fourth-order valence-corrected chi connectivity index (χ4v) is 4.79. The fraction of sp³-hybridized carbons (Fsp3) is 0.182. The van der Waals surface area contributed by atoms with Crippen LogP contribution in [0.1, 0.15) is 33.2 Å². The Kier molecular flexibility index (Phi) is 3.19. The predicted octanol–water partition coefficient (Wildman–Crippen LogP) is 2.10. The van der Waals surface area contributed by atoms with Crippen molar-refractivity contribution in [3.63, 3.8) is 0 Å². The number of para-hydroxylation sites is 1. The predicted molar refractivity (Wildman–Crippen MR) is 101 cm³/mol. The Morgan fingerprint density at radius 2 is 1.54 bits per heavy atom. The normalized spacial score (nSPS) is 23.4. The number of carbonyl (C=O) groups excluding carboxylic acids is 4. The van der Waals surface area contributed by atoms with Gasteiger partial charge in [-0.25, -0.2) is 4.90 Å². The maximum Gasteiger partial charge on any atom is 0.263 e. The second-order valence-corrected chi connectivity index (χ2v) is 7.30. The molecule has 6 heteroatoms. The van der Waals surface area contributed by atoms with Crippen LogP contribution >= 0.6 is 0 Å². The minimum Gasteiger partial charge on any atom is -0.289 e. The van der Waals surface area contributed by atoms with E-state index in [2.05, 4.69) is 0 Å². The van der Waals surface area contributed by atoms with Crippen molar-refractivity contribution in [2.24, 2.45) is 0 Å². The summed E-state index contributed by atoms with van der Waals surface area (Å²) in [6.45, 7) is 1.49. The minimum atomic E-state index is -1.46. The summed E-state index contributed by atoms with van der Waals surface area (Å²) in [6.07, 6.45) is 0. The van der Waals surface area contributed by atoms with Gasteiger partial charge in [0.25, 0.3) is 5.91 Å². The minimum absolute atomic E-state index is 0.167. The summed E-state index contributed by atoms with van der Waals surface area (Å²) >= 11 is 0. The molecule has 0 saturated carbocycles. The number of amides is 2. The van der Waals surface area contributed by atoms with Crippen molar-refractivity contribution in [3.05, 3.63) is 76.4 Å². The van der Waals surface area contributed by atoms with Gasteiger partial charge in [-0.15, -0.1) is 0 Å². The number of nitrogens with zero attached hydrogens (tertiary/aromatic N) is 2. The average molecular weight is 372 g/mol. The lowest BCUT2D eigenvalue weighted by molar-refractivity contribution is -0.130. The highest BCUT2D eigenvalue weighted by Crippen LogP contribution is 2.54. The van der Waals surface area contributed by atoms with Gasteiger partial charge in [0.15, 0.2) is 17.1 Å². The largest absolute Gasteiger partial charge is 0.289 e. The molecule has 2 heterocycles. The molecule has 3 aliphatic rings. The zero-order valence-corrected chi connectivity index (χ0v) is 15.4. The Morgan fingerprint density at radius 1 is 0.929 bits per heavy atom. The monoisotopic (exact) mass is 372 g/mol. The number of hydrogen-bond donors (Lipinski definition) is 0. The first kappa shape index (κ1) is 16.8. The van der Waals surface area contributed by atoms with Crippen molar-refractivity contribution in [1.29, 1.82) is 0 Å². The number of carbonyl (C=O) groups is 4. The molecular formula is C22H16N2O4. The zero-order chi connectivity index (χ0) is 19.8. The number of anilines is 1. The first-order valence-corrected chi connectivity index (χ1v) is 8.98. The number of ketones is 2. The first-order valence-electron chi connectivity index (χ1n) is 8.98. The smallest absolute Gasteiger partial charge is 0.263 e. The molecule has 5 rings (SSSR count). The highest BCUT2D eigenvalue weighted by Gasteiger charge is 2.63. The third kappa shape index (κ3) is 1.71. The standard InChI is InChI=1S/C22H16N2O4/c1-12(25)24-17-10-6-5-9-16(17)22(21(24)28)18-15(11-23(22)2)19(26)13-7-3-4-8-14(13)20(18)27/h3-10H,11H2,1-2H3. The van der Waals surface area contributed by atoms with Gasteiger partial charge >= 0.3 is 0 Å². The Bertz CT molecular complexity index is 1160. The van der Waals surface area contributed by atoms with Gasteiger partial charge in [0.05, 0.1) is 5.69 Å². The molecule has 0 bridgehead atoms. The molecule has 0 fully saturated rings. The van der Waals surface area contributed by atoms with Gasteiger partial charge in [0.2, 0.25) is 5.91 Å². The zero-order valence-electron chi connectivity index (χ0n) is 15.4. The molecule has 2 aromatic carbocycles. The number of hydrogen-bond acceptors (Lipinski definition) is 5. The van der Waals surface area contributed by atoms with Gasteiger partial charge in [-0.1, -0.05) is 42.5 Å². The molecular weight excluding hydrogens is 356 g/mol. The van der Waals surface area contributed by atoms with Crippen molar-refractivity contribution in [3.8, 4) is 0 Å². The van der Waals surface area contributed by atoms with Gasteiger partial charge in [-0.2, -0.15) is 0 Å². The molecule has 1 aliphatic carbocycles. The second kappa shape index (κ2) is 5.33. The number of Topliss-reactive ketones (excluding diaryl/α,β-unsaturated/α-hetero) is 2. The van der Waals surface area contributed by atoms with E-state index in [9.17, 15) is 19.2 Å².